The van der Waals surface area contributed by atoms with Crippen LogP contribution in [0.2, 0.25) is 5.02 Å². The molecule has 0 saturated carbocycles. The topological polar surface area (TPSA) is 115 Å². The van der Waals surface area contributed by atoms with E-state index in [1.54, 1.807) is 0 Å². The summed E-state index contributed by atoms with van der Waals surface area (Å²) in [6.07, 6.45) is 0.903. The van der Waals surface area contributed by atoms with Crippen LogP contribution >= 0.6 is 11.6 Å². The molecule has 1 rings (SSSR count). The molecule has 0 amide bonds. The van der Waals surface area contributed by atoms with Crippen LogP contribution in [0.15, 0.2) is 17.0 Å². The zero-order valence-electron chi connectivity index (χ0n) is 11.2. The third kappa shape index (κ3) is 4.58. The molecule has 0 spiro atoms. The van der Waals surface area contributed by atoms with Gasteiger partial charge in [0.1, 0.15) is 20.3 Å². The Morgan fingerprint density at radius 1 is 1.24 bits per heavy atom. The lowest BCUT2D eigenvalue weighted by Crippen LogP contribution is -2.18. The first-order chi connectivity index (χ1) is 9.48. The third-order valence-corrected chi connectivity index (χ3v) is 5.65. The Bertz CT molecular complexity index is 766. The van der Waals surface area contributed by atoms with Gasteiger partial charge in [-0.1, -0.05) is 11.6 Å². The summed E-state index contributed by atoms with van der Waals surface area (Å²) in [5.74, 6) is -3.07. The average Bonchev–Trinajstić information content (AvgIpc) is 2.34. The van der Waals surface area contributed by atoms with E-state index < -0.39 is 47.6 Å². The highest BCUT2D eigenvalue weighted by Crippen LogP contribution is 2.32. The van der Waals surface area contributed by atoms with Crippen LogP contribution in [0.3, 0.4) is 0 Å². The van der Waals surface area contributed by atoms with Crippen molar-refractivity contribution < 1.29 is 31.5 Å². The molecule has 21 heavy (non-hydrogen) atoms. The van der Waals surface area contributed by atoms with Crippen molar-refractivity contribution in [2.24, 2.45) is 0 Å². The van der Waals surface area contributed by atoms with E-state index in [9.17, 15) is 21.6 Å². The van der Waals surface area contributed by atoms with Gasteiger partial charge in [-0.3, -0.25) is 0 Å². The summed E-state index contributed by atoms with van der Waals surface area (Å²) in [6.45, 7) is 0. The fourth-order valence-corrected chi connectivity index (χ4v) is 4.91. The van der Waals surface area contributed by atoms with Gasteiger partial charge in [-0.2, -0.15) is 0 Å². The second-order valence-electron chi connectivity index (χ2n) is 4.24. The highest BCUT2D eigenvalue weighted by molar-refractivity contribution is 7.94. The number of ether oxygens (including phenoxy) is 1. The smallest absolute Gasteiger partial charge is 0.339 e. The number of hydrogen-bond acceptors (Lipinski definition) is 6. The van der Waals surface area contributed by atoms with E-state index in [1.807, 2.05) is 0 Å². The Kier molecular flexibility index (Phi) is 5.24. The highest BCUT2D eigenvalue weighted by atomic mass is 35.5. The maximum atomic E-state index is 12.2. The van der Waals surface area contributed by atoms with Gasteiger partial charge >= 0.3 is 5.97 Å². The molecule has 118 valence electrons. The van der Waals surface area contributed by atoms with E-state index in [-0.39, 0.29) is 10.8 Å². The monoisotopic (exact) mass is 356 g/mol. The minimum absolute atomic E-state index is 0.105. The van der Waals surface area contributed by atoms with Gasteiger partial charge < -0.3 is 9.84 Å². The maximum absolute atomic E-state index is 12.2. The molecule has 0 bridgehead atoms. The van der Waals surface area contributed by atoms with Gasteiger partial charge in [-0.15, -0.1) is 0 Å². The first-order valence-electron chi connectivity index (χ1n) is 5.49. The zero-order valence-corrected chi connectivity index (χ0v) is 13.5. The van der Waals surface area contributed by atoms with Crippen LogP contribution < -0.4 is 4.74 Å². The fraction of sp³-hybridized carbons (Fsp3) is 0.364. The lowest BCUT2D eigenvalue weighted by Gasteiger charge is -2.12. The second-order valence-corrected chi connectivity index (χ2v) is 9.01. The molecule has 1 aromatic rings. The molecule has 0 aromatic heterocycles. The molecule has 7 nitrogen and oxygen atoms in total. The van der Waals surface area contributed by atoms with Crippen molar-refractivity contribution in [2.75, 3.05) is 24.9 Å². The van der Waals surface area contributed by atoms with Gasteiger partial charge in [0.2, 0.25) is 0 Å². The predicted octanol–water partition coefficient (Wildman–Crippen LogP) is 0.865. The molecule has 0 aliphatic rings. The summed E-state index contributed by atoms with van der Waals surface area (Å²) in [5.41, 5.74) is -0.414. The first-order valence-corrected chi connectivity index (χ1v) is 9.58. The molecule has 0 aliphatic heterocycles. The van der Waals surface area contributed by atoms with Crippen molar-refractivity contribution in [3.8, 4) is 5.75 Å². The Hall–Kier alpha value is -1.32. The van der Waals surface area contributed by atoms with Crippen LogP contribution in [-0.2, 0) is 19.7 Å². The number of sulfone groups is 2. The number of rotatable bonds is 6. The molecular formula is C11H13ClO7S2. The molecule has 1 aromatic carbocycles. The quantitative estimate of drug-likeness (QED) is 0.803. The number of benzene rings is 1. The minimum Gasteiger partial charge on any atom is -0.494 e. The Labute approximate surface area is 127 Å². The number of methoxy groups -OCH3 is 1. The van der Waals surface area contributed by atoms with Crippen LogP contribution in [0.1, 0.15) is 10.4 Å². The first kappa shape index (κ1) is 17.7. The molecule has 1 N–H and O–H groups in total. The van der Waals surface area contributed by atoms with Gasteiger partial charge in [0.05, 0.1) is 18.6 Å². The van der Waals surface area contributed by atoms with Gasteiger partial charge in [-0.05, 0) is 12.1 Å². The Morgan fingerprint density at radius 2 is 1.81 bits per heavy atom. The maximum Gasteiger partial charge on any atom is 0.339 e. The number of carboxylic acid groups (broad SMARTS) is 1. The molecule has 0 saturated heterocycles. The highest BCUT2D eigenvalue weighted by Gasteiger charge is 2.26. The molecule has 0 radical (unpaired) electrons. The fourth-order valence-electron chi connectivity index (χ4n) is 1.54. The summed E-state index contributed by atoms with van der Waals surface area (Å²) in [6, 6.07) is 2.09. The number of hydrogen-bond donors (Lipinski definition) is 1. The predicted molar refractivity (Wildman–Crippen MR) is 76.7 cm³/mol. The summed E-state index contributed by atoms with van der Waals surface area (Å²) in [5, 5.41) is 8.94. The van der Waals surface area contributed by atoms with Gasteiger partial charge in [0.15, 0.2) is 15.6 Å². The van der Waals surface area contributed by atoms with E-state index >= 15 is 0 Å². The molecule has 0 fully saturated rings. The number of carboxylic acids is 1. The van der Waals surface area contributed by atoms with E-state index in [0.29, 0.717) is 0 Å². The van der Waals surface area contributed by atoms with Crippen molar-refractivity contribution in [3.63, 3.8) is 0 Å². The SMILES string of the molecule is COc1c(C(=O)O)cc(Cl)cc1S(=O)(=O)CCS(C)(=O)=O. The molecule has 0 heterocycles. The van der Waals surface area contributed by atoms with Gasteiger partial charge in [0, 0.05) is 11.3 Å². The van der Waals surface area contributed by atoms with Crippen LogP contribution in [-0.4, -0.2) is 52.8 Å². The number of halogens is 1. The molecular weight excluding hydrogens is 344 g/mol. The second kappa shape index (κ2) is 6.20. The van der Waals surface area contributed by atoms with Crippen LogP contribution in [0.25, 0.3) is 0 Å². The van der Waals surface area contributed by atoms with Crippen molar-refractivity contribution in [2.45, 2.75) is 4.90 Å². The normalized spacial score (nSPS) is 12.1. The number of aromatic carboxylic acids is 1. The summed E-state index contributed by atoms with van der Waals surface area (Å²) in [7, 11) is -6.44. The standard InChI is InChI=1S/C11H13ClO7S2/c1-19-10-8(11(13)14)5-7(12)6-9(10)21(17,18)4-3-20(2,15)16/h5-6H,3-4H2,1-2H3,(H,13,14). The largest absolute Gasteiger partial charge is 0.494 e. The van der Waals surface area contributed by atoms with Crippen molar-refractivity contribution >= 4 is 37.2 Å². The molecule has 0 aliphatic carbocycles. The van der Waals surface area contributed by atoms with E-state index in [1.165, 1.54) is 0 Å². The lowest BCUT2D eigenvalue weighted by molar-refractivity contribution is 0.0692. The summed E-state index contributed by atoms with van der Waals surface area (Å²) in [4.78, 5) is 10.7. The Morgan fingerprint density at radius 3 is 2.24 bits per heavy atom. The van der Waals surface area contributed by atoms with E-state index in [4.69, 9.17) is 21.4 Å². The Balaban J connectivity index is 3.44. The van der Waals surface area contributed by atoms with Gasteiger partial charge in [0.25, 0.3) is 0 Å². The summed E-state index contributed by atoms with van der Waals surface area (Å²) < 4.78 is 51.4. The number of carbonyl (C=O) groups is 1. The van der Waals surface area contributed by atoms with Crippen molar-refractivity contribution in [1.29, 1.82) is 0 Å². The molecule has 0 atom stereocenters. The van der Waals surface area contributed by atoms with Crippen LogP contribution in [0, 0.1) is 0 Å². The average molecular weight is 357 g/mol. The summed E-state index contributed by atoms with van der Waals surface area (Å²) >= 11 is 5.72. The van der Waals surface area contributed by atoms with Crippen molar-refractivity contribution in [1.82, 2.24) is 0 Å². The van der Waals surface area contributed by atoms with Crippen LogP contribution in [0.5, 0.6) is 5.75 Å². The zero-order chi connectivity index (χ0) is 16.4. The molecule has 10 heteroatoms. The van der Waals surface area contributed by atoms with Gasteiger partial charge in [-0.25, -0.2) is 21.6 Å². The van der Waals surface area contributed by atoms with Crippen LogP contribution in [0.4, 0.5) is 0 Å². The minimum atomic E-state index is -4.07. The molecule has 0 unspecified atom stereocenters. The van der Waals surface area contributed by atoms with Crippen molar-refractivity contribution in [3.05, 3.63) is 22.7 Å². The third-order valence-electron chi connectivity index (χ3n) is 2.51. The van der Waals surface area contributed by atoms with E-state index in [2.05, 4.69) is 0 Å². The van der Waals surface area contributed by atoms with E-state index in [0.717, 1.165) is 25.5 Å². The lowest BCUT2D eigenvalue weighted by atomic mass is 10.2.